The van der Waals surface area contributed by atoms with Crippen LogP contribution in [0.4, 0.5) is 10.1 Å². The van der Waals surface area contributed by atoms with Crippen molar-refractivity contribution in [3.8, 4) is 0 Å². The Morgan fingerprint density at radius 3 is 2.50 bits per heavy atom. The Morgan fingerprint density at radius 2 is 1.86 bits per heavy atom. The number of halogens is 3. The lowest BCUT2D eigenvalue weighted by Gasteiger charge is -2.12. The summed E-state index contributed by atoms with van der Waals surface area (Å²) >= 11 is 9.07. The predicted molar refractivity (Wildman–Crippen MR) is 88.3 cm³/mol. The van der Waals surface area contributed by atoms with Crippen LogP contribution in [0.2, 0.25) is 5.02 Å². The topological polar surface area (TPSA) is 46.2 Å². The van der Waals surface area contributed by atoms with Crippen molar-refractivity contribution >= 4 is 44.9 Å². The number of amides is 1. The molecular formula is C16H12BrClFNO2. The smallest absolute Gasteiger partial charge is 0.237 e. The van der Waals surface area contributed by atoms with Crippen LogP contribution in [0.3, 0.4) is 0 Å². The maximum absolute atomic E-state index is 13.8. The van der Waals surface area contributed by atoms with E-state index in [4.69, 9.17) is 11.6 Å². The van der Waals surface area contributed by atoms with Crippen LogP contribution in [0.25, 0.3) is 0 Å². The molecule has 6 heteroatoms. The Bertz CT molecular complexity index is 734. The average Bonchev–Trinajstić information content (AvgIpc) is 2.48. The third kappa shape index (κ3) is 3.72. The van der Waals surface area contributed by atoms with Crippen molar-refractivity contribution in [1.82, 2.24) is 0 Å². The minimum atomic E-state index is -0.626. The summed E-state index contributed by atoms with van der Waals surface area (Å²) < 4.78 is 13.8. The molecule has 1 unspecified atom stereocenters. The van der Waals surface area contributed by atoms with E-state index in [1.54, 1.807) is 19.1 Å². The van der Waals surface area contributed by atoms with Gasteiger partial charge in [-0.05, 0) is 37.3 Å². The first-order chi connectivity index (χ1) is 10.4. The maximum atomic E-state index is 13.8. The molecule has 1 atom stereocenters. The minimum absolute atomic E-state index is 0.0767. The second-order valence-corrected chi connectivity index (χ2v) is 6.41. The summed E-state index contributed by atoms with van der Waals surface area (Å²) in [4.78, 5) is 23.9. The third-order valence-electron chi connectivity index (χ3n) is 2.96. The zero-order valence-corrected chi connectivity index (χ0v) is 13.9. The summed E-state index contributed by atoms with van der Waals surface area (Å²) in [6, 6.07) is 10.1. The summed E-state index contributed by atoms with van der Waals surface area (Å²) in [6.07, 6.45) is 0. The van der Waals surface area contributed by atoms with E-state index in [1.807, 2.05) is 0 Å². The summed E-state index contributed by atoms with van der Waals surface area (Å²) in [5.74, 6) is -1.48. The number of alkyl halides is 1. The lowest BCUT2D eigenvalue weighted by atomic mass is 10.0. The zero-order chi connectivity index (χ0) is 16.3. The van der Waals surface area contributed by atoms with Gasteiger partial charge in [0, 0.05) is 10.6 Å². The van der Waals surface area contributed by atoms with Gasteiger partial charge in [-0.3, -0.25) is 9.59 Å². The molecule has 0 bridgehead atoms. The van der Waals surface area contributed by atoms with Crippen LogP contribution in [-0.2, 0) is 4.79 Å². The number of nitrogens with one attached hydrogen (secondary N) is 1. The molecule has 22 heavy (non-hydrogen) atoms. The van der Waals surface area contributed by atoms with Crippen LogP contribution in [0, 0.1) is 5.82 Å². The fourth-order valence-corrected chi connectivity index (χ4v) is 2.12. The SMILES string of the molecule is CC(Br)C(=O)Nc1ccc(Cl)cc1C(=O)c1ccccc1F. The normalized spacial score (nSPS) is 11.8. The minimum Gasteiger partial charge on any atom is -0.324 e. The molecule has 1 N–H and O–H groups in total. The van der Waals surface area contributed by atoms with Gasteiger partial charge in [-0.25, -0.2) is 4.39 Å². The van der Waals surface area contributed by atoms with Gasteiger partial charge in [0.15, 0.2) is 5.78 Å². The van der Waals surface area contributed by atoms with Crippen molar-refractivity contribution in [2.75, 3.05) is 5.32 Å². The number of rotatable bonds is 4. The van der Waals surface area contributed by atoms with Crippen molar-refractivity contribution in [2.24, 2.45) is 0 Å². The number of carbonyl (C=O) groups is 2. The number of carbonyl (C=O) groups excluding carboxylic acids is 2. The zero-order valence-electron chi connectivity index (χ0n) is 11.6. The predicted octanol–water partition coefficient (Wildman–Crippen LogP) is 4.43. The first-order valence-electron chi connectivity index (χ1n) is 6.44. The van der Waals surface area contributed by atoms with Crippen LogP contribution < -0.4 is 5.32 Å². The molecule has 2 aromatic carbocycles. The third-order valence-corrected chi connectivity index (χ3v) is 3.61. The molecule has 0 aliphatic rings. The molecule has 0 aliphatic heterocycles. The second-order valence-electron chi connectivity index (χ2n) is 4.60. The fourth-order valence-electron chi connectivity index (χ4n) is 1.84. The number of ketones is 1. The Hall–Kier alpha value is -1.72. The maximum Gasteiger partial charge on any atom is 0.237 e. The second kappa shape index (κ2) is 7.03. The van der Waals surface area contributed by atoms with Crippen LogP contribution >= 0.6 is 27.5 Å². The largest absolute Gasteiger partial charge is 0.324 e. The molecule has 0 radical (unpaired) electrons. The number of benzene rings is 2. The van der Waals surface area contributed by atoms with Gasteiger partial charge in [-0.15, -0.1) is 0 Å². The van der Waals surface area contributed by atoms with Gasteiger partial charge in [-0.2, -0.15) is 0 Å². The molecule has 2 rings (SSSR count). The number of hydrogen-bond donors (Lipinski definition) is 1. The number of anilines is 1. The van der Waals surface area contributed by atoms with E-state index < -0.39 is 16.4 Å². The first kappa shape index (κ1) is 16.6. The number of hydrogen-bond acceptors (Lipinski definition) is 2. The highest BCUT2D eigenvalue weighted by Crippen LogP contribution is 2.25. The van der Waals surface area contributed by atoms with Crippen LogP contribution in [0.1, 0.15) is 22.8 Å². The van der Waals surface area contributed by atoms with Gasteiger partial charge >= 0.3 is 0 Å². The van der Waals surface area contributed by atoms with Gasteiger partial charge in [0.25, 0.3) is 0 Å². The van der Waals surface area contributed by atoms with Crippen molar-refractivity contribution in [3.63, 3.8) is 0 Å². The highest BCUT2D eigenvalue weighted by atomic mass is 79.9. The van der Waals surface area contributed by atoms with E-state index in [0.29, 0.717) is 5.02 Å². The molecule has 0 fully saturated rings. The molecule has 1 amide bonds. The Kier molecular flexibility index (Phi) is 5.32. The van der Waals surface area contributed by atoms with Gasteiger partial charge in [0.2, 0.25) is 5.91 Å². The van der Waals surface area contributed by atoms with E-state index >= 15 is 0 Å². The monoisotopic (exact) mass is 383 g/mol. The van der Waals surface area contributed by atoms with E-state index in [1.165, 1.54) is 30.3 Å². The van der Waals surface area contributed by atoms with Crippen LogP contribution in [-0.4, -0.2) is 16.5 Å². The van der Waals surface area contributed by atoms with Crippen molar-refractivity contribution < 1.29 is 14.0 Å². The van der Waals surface area contributed by atoms with Crippen molar-refractivity contribution in [3.05, 3.63) is 64.4 Å². The van der Waals surface area contributed by atoms with E-state index in [2.05, 4.69) is 21.2 Å². The molecule has 114 valence electrons. The summed E-state index contributed by atoms with van der Waals surface area (Å²) in [6.45, 7) is 1.66. The lowest BCUT2D eigenvalue weighted by molar-refractivity contribution is -0.115. The molecule has 0 aromatic heterocycles. The van der Waals surface area contributed by atoms with Gasteiger partial charge in [0.05, 0.1) is 16.1 Å². The summed E-state index contributed by atoms with van der Waals surface area (Å²) in [5, 5.41) is 2.94. The molecule has 0 saturated carbocycles. The molecule has 0 saturated heterocycles. The Balaban J connectivity index is 2.45. The van der Waals surface area contributed by atoms with Gasteiger partial charge in [-0.1, -0.05) is 39.7 Å². The quantitative estimate of drug-likeness (QED) is 0.626. The van der Waals surface area contributed by atoms with Gasteiger partial charge in [0.1, 0.15) is 5.82 Å². The van der Waals surface area contributed by atoms with E-state index in [0.717, 1.165) is 0 Å². The highest BCUT2D eigenvalue weighted by molar-refractivity contribution is 9.10. The van der Waals surface area contributed by atoms with Crippen LogP contribution in [0.15, 0.2) is 42.5 Å². The van der Waals surface area contributed by atoms with E-state index in [9.17, 15) is 14.0 Å². The summed E-state index contributed by atoms with van der Waals surface area (Å²) in [5.41, 5.74) is 0.347. The standard InChI is InChI=1S/C16H12BrClFNO2/c1-9(17)16(22)20-14-7-6-10(18)8-12(14)15(21)11-4-2-3-5-13(11)19/h2-9H,1H3,(H,20,22). The summed E-state index contributed by atoms with van der Waals surface area (Å²) in [7, 11) is 0. The van der Waals surface area contributed by atoms with E-state index in [-0.39, 0.29) is 22.7 Å². The Morgan fingerprint density at radius 1 is 1.18 bits per heavy atom. The highest BCUT2D eigenvalue weighted by Gasteiger charge is 2.19. The lowest BCUT2D eigenvalue weighted by Crippen LogP contribution is -2.21. The fraction of sp³-hybridized carbons (Fsp3) is 0.125. The van der Waals surface area contributed by atoms with Crippen molar-refractivity contribution in [1.29, 1.82) is 0 Å². The molecule has 2 aromatic rings. The molecule has 3 nitrogen and oxygen atoms in total. The van der Waals surface area contributed by atoms with Crippen molar-refractivity contribution in [2.45, 2.75) is 11.8 Å². The first-order valence-corrected chi connectivity index (χ1v) is 7.73. The molecule has 0 heterocycles. The average molecular weight is 385 g/mol. The molecule has 0 spiro atoms. The molecular weight excluding hydrogens is 373 g/mol. The molecule has 0 aliphatic carbocycles. The van der Waals surface area contributed by atoms with Gasteiger partial charge < -0.3 is 5.32 Å². The van der Waals surface area contributed by atoms with Crippen LogP contribution in [0.5, 0.6) is 0 Å². The Labute approximate surface area is 140 Å².